The topological polar surface area (TPSA) is 231 Å². The summed E-state index contributed by atoms with van der Waals surface area (Å²) in [6.45, 7) is 3.65. The van der Waals surface area contributed by atoms with E-state index in [1.165, 1.54) is 0 Å². The molecule has 13 nitrogen and oxygen atoms in total. The van der Waals surface area contributed by atoms with Gasteiger partial charge in [-0.05, 0) is 12.3 Å². The Kier molecular flexibility index (Phi) is 12.2. The van der Waals surface area contributed by atoms with E-state index < -0.39 is 72.6 Å². The van der Waals surface area contributed by atoms with Crippen molar-refractivity contribution in [1.82, 2.24) is 16.0 Å². The minimum atomic E-state index is -1.69. The van der Waals surface area contributed by atoms with Crippen LogP contribution in [0.3, 0.4) is 0 Å². The lowest BCUT2D eigenvalue weighted by Gasteiger charge is -2.24. The highest BCUT2D eigenvalue weighted by atomic mass is 32.1. The molecule has 0 aliphatic carbocycles. The molecule has 14 heteroatoms. The number of nitrogens with two attached hydrogens (primary N) is 2. The summed E-state index contributed by atoms with van der Waals surface area (Å²) in [7, 11) is 0. The van der Waals surface area contributed by atoms with Crippen LogP contribution in [0, 0.1) is 5.92 Å². The van der Waals surface area contributed by atoms with Gasteiger partial charge in [-0.15, -0.1) is 0 Å². The quantitative estimate of drug-likeness (QED) is 0.124. The zero-order chi connectivity index (χ0) is 24.3. The zero-order valence-corrected chi connectivity index (χ0v) is 18.1. The smallest absolute Gasteiger partial charge is 0.327 e. The number of hydrogen-bond donors (Lipinski definition) is 8. The Morgan fingerprint density at radius 1 is 0.839 bits per heavy atom. The summed E-state index contributed by atoms with van der Waals surface area (Å²) < 4.78 is 0. The molecular formula is C17H29N5O8S. The summed E-state index contributed by atoms with van der Waals surface area (Å²) in [5.74, 6) is -6.95. The van der Waals surface area contributed by atoms with Gasteiger partial charge in [-0.2, -0.15) is 12.6 Å². The lowest BCUT2D eigenvalue weighted by Crippen LogP contribution is -2.58. The number of primary amides is 1. The van der Waals surface area contributed by atoms with Crippen LogP contribution < -0.4 is 27.4 Å². The molecule has 4 amide bonds. The van der Waals surface area contributed by atoms with E-state index in [9.17, 15) is 28.8 Å². The number of rotatable bonds is 14. The highest BCUT2D eigenvalue weighted by Gasteiger charge is 2.32. The van der Waals surface area contributed by atoms with Crippen molar-refractivity contribution < 1.29 is 39.0 Å². The molecular weight excluding hydrogens is 434 g/mol. The zero-order valence-electron chi connectivity index (χ0n) is 17.2. The third kappa shape index (κ3) is 11.2. The predicted molar refractivity (Wildman–Crippen MR) is 111 cm³/mol. The molecule has 0 fully saturated rings. The normalized spacial score (nSPS) is 14.6. The summed E-state index contributed by atoms with van der Waals surface area (Å²) in [4.78, 5) is 70.5. The molecule has 0 saturated heterocycles. The number of aliphatic carboxylic acids is 2. The molecule has 0 aromatic rings. The minimum absolute atomic E-state index is 0.0711. The Morgan fingerprint density at radius 2 is 1.29 bits per heavy atom. The summed E-state index contributed by atoms with van der Waals surface area (Å²) in [5, 5.41) is 24.4. The van der Waals surface area contributed by atoms with E-state index >= 15 is 0 Å². The Labute approximate surface area is 184 Å². The van der Waals surface area contributed by atoms with E-state index in [2.05, 4.69) is 23.3 Å². The van der Waals surface area contributed by atoms with Crippen LogP contribution in [-0.2, 0) is 28.8 Å². The summed E-state index contributed by atoms with van der Waals surface area (Å²) in [6, 6.07) is -5.62. The molecule has 31 heavy (non-hydrogen) atoms. The molecule has 0 radical (unpaired) electrons. The highest BCUT2D eigenvalue weighted by molar-refractivity contribution is 7.80. The van der Waals surface area contributed by atoms with Gasteiger partial charge in [0.25, 0.3) is 0 Å². The molecule has 0 aromatic carbocycles. The van der Waals surface area contributed by atoms with Gasteiger partial charge in [0.05, 0.1) is 18.9 Å². The number of carboxylic acid groups (broad SMARTS) is 2. The standard InChI is InChI=1S/C17H29N5O8S/c1-7(2)3-8(18)14(26)20-9(4-12(19)23)15(27)21-10(5-13(24)25)16(28)22-11(6-31)17(29)30/h7-11,31H,3-6,18H2,1-2H3,(H2,19,23)(H,20,26)(H,21,27)(H,22,28)(H,24,25)(H,29,30). The van der Waals surface area contributed by atoms with E-state index in [0.29, 0.717) is 6.42 Å². The third-order valence-electron chi connectivity index (χ3n) is 3.91. The molecule has 4 unspecified atom stereocenters. The second-order valence-electron chi connectivity index (χ2n) is 7.21. The Balaban J connectivity index is 5.45. The first kappa shape index (κ1) is 28.1. The highest BCUT2D eigenvalue weighted by Crippen LogP contribution is 2.04. The predicted octanol–water partition coefficient (Wildman–Crippen LogP) is -2.82. The van der Waals surface area contributed by atoms with E-state index in [-0.39, 0.29) is 11.7 Å². The Hall–Kier alpha value is -2.87. The summed E-state index contributed by atoms with van der Waals surface area (Å²) >= 11 is 3.78. The molecule has 0 rings (SSSR count). The van der Waals surface area contributed by atoms with E-state index in [1.807, 2.05) is 19.2 Å². The monoisotopic (exact) mass is 463 g/mol. The van der Waals surface area contributed by atoms with Crippen LogP contribution in [0.5, 0.6) is 0 Å². The molecule has 0 aromatic heterocycles. The number of carbonyl (C=O) groups excluding carboxylic acids is 4. The molecule has 0 heterocycles. The van der Waals surface area contributed by atoms with Crippen molar-refractivity contribution in [3.05, 3.63) is 0 Å². The Morgan fingerprint density at radius 3 is 1.68 bits per heavy atom. The molecule has 0 aliphatic rings. The van der Waals surface area contributed by atoms with Crippen molar-refractivity contribution in [3.8, 4) is 0 Å². The van der Waals surface area contributed by atoms with Crippen molar-refractivity contribution in [1.29, 1.82) is 0 Å². The molecule has 9 N–H and O–H groups in total. The number of hydrogen-bond acceptors (Lipinski definition) is 8. The SMILES string of the molecule is CC(C)CC(N)C(=O)NC(CC(N)=O)C(=O)NC(CC(=O)O)C(=O)NC(CS)C(=O)O. The van der Waals surface area contributed by atoms with Gasteiger partial charge < -0.3 is 37.6 Å². The number of thiol groups is 1. The molecule has 176 valence electrons. The third-order valence-corrected chi connectivity index (χ3v) is 4.27. The van der Waals surface area contributed by atoms with Crippen LogP contribution in [0.25, 0.3) is 0 Å². The van der Waals surface area contributed by atoms with Crippen LogP contribution in [0.1, 0.15) is 33.1 Å². The fourth-order valence-electron chi connectivity index (χ4n) is 2.42. The van der Waals surface area contributed by atoms with Crippen molar-refractivity contribution in [2.75, 3.05) is 5.75 Å². The average Bonchev–Trinajstić information content (AvgIpc) is 2.62. The fourth-order valence-corrected chi connectivity index (χ4v) is 2.67. The van der Waals surface area contributed by atoms with Gasteiger partial charge in [0.2, 0.25) is 23.6 Å². The summed E-state index contributed by atoms with van der Waals surface area (Å²) in [5.41, 5.74) is 10.9. The maximum Gasteiger partial charge on any atom is 0.327 e. The number of nitrogens with one attached hydrogen (secondary N) is 3. The first-order valence-corrected chi connectivity index (χ1v) is 9.92. The fraction of sp³-hybridized carbons (Fsp3) is 0.647. The molecule has 0 bridgehead atoms. The number of amides is 4. The van der Waals surface area contributed by atoms with Gasteiger partial charge in [0.1, 0.15) is 18.1 Å². The van der Waals surface area contributed by atoms with Crippen LogP contribution in [0.15, 0.2) is 0 Å². The van der Waals surface area contributed by atoms with Gasteiger partial charge in [-0.1, -0.05) is 13.8 Å². The number of carboxylic acids is 2. The molecule has 0 aliphatic heterocycles. The maximum atomic E-state index is 12.6. The van der Waals surface area contributed by atoms with Crippen molar-refractivity contribution in [2.45, 2.75) is 57.3 Å². The van der Waals surface area contributed by atoms with Crippen molar-refractivity contribution >= 4 is 48.2 Å². The van der Waals surface area contributed by atoms with Gasteiger partial charge in [0, 0.05) is 5.75 Å². The second kappa shape index (κ2) is 13.4. The molecule has 0 saturated carbocycles. The van der Waals surface area contributed by atoms with E-state index in [1.54, 1.807) is 0 Å². The lowest BCUT2D eigenvalue weighted by molar-refractivity contribution is -0.143. The maximum absolute atomic E-state index is 12.6. The molecule has 4 atom stereocenters. The van der Waals surface area contributed by atoms with Gasteiger partial charge in [-0.3, -0.25) is 24.0 Å². The van der Waals surface area contributed by atoms with Crippen LogP contribution >= 0.6 is 12.6 Å². The van der Waals surface area contributed by atoms with E-state index in [0.717, 1.165) is 0 Å². The minimum Gasteiger partial charge on any atom is -0.481 e. The van der Waals surface area contributed by atoms with Crippen molar-refractivity contribution in [3.63, 3.8) is 0 Å². The first-order chi connectivity index (χ1) is 14.3. The van der Waals surface area contributed by atoms with Gasteiger partial charge in [0.15, 0.2) is 0 Å². The lowest BCUT2D eigenvalue weighted by atomic mass is 10.0. The largest absolute Gasteiger partial charge is 0.481 e. The average molecular weight is 464 g/mol. The second-order valence-corrected chi connectivity index (χ2v) is 7.57. The van der Waals surface area contributed by atoms with Gasteiger partial charge in [-0.25, -0.2) is 4.79 Å². The van der Waals surface area contributed by atoms with Crippen LogP contribution in [0.4, 0.5) is 0 Å². The molecule has 0 spiro atoms. The van der Waals surface area contributed by atoms with Crippen LogP contribution in [0.2, 0.25) is 0 Å². The number of carbonyl (C=O) groups is 6. The van der Waals surface area contributed by atoms with Crippen molar-refractivity contribution in [2.24, 2.45) is 17.4 Å². The van der Waals surface area contributed by atoms with Gasteiger partial charge >= 0.3 is 11.9 Å². The Bertz CT molecular complexity index is 702. The summed E-state index contributed by atoms with van der Waals surface area (Å²) in [6.07, 6.45) is -1.23. The van der Waals surface area contributed by atoms with Crippen LogP contribution in [-0.4, -0.2) is 75.7 Å². The van der Waals surface area contributed by atoms with E-state index in [4.69, 9.17) is 21.7 Å². The first-order valence-electron chi connectivity index (χ1n) is 9.28.